The Morgan fingerprint density at radius 2 is 1.29 bits per heavy atom. The number of carbonyl (C=O) groups is 3. The normalized spacial score (nSPS) is 17.8. The number of carbonyl (C=O) groups excluding carboxylic acids is 3. The average molecular weight is 810 g/mol. The second kappa shape index (κ2) is 23.8. The monoisotopic (exact) mass is 809 g/mol. The van der Waals surface area contributed by atoms with Crippen molar-refractivity contribution >= 4 is 23.4 Å². The highest BCUT2D eigenvalue weighted by Gasteiger charge is 2.48. The number of anilines is 1. The summed E-state index contributed by atoms with van der Waals surface area (Å²) >= 11 is 0. The summed E-state index contributed by atoms with van der Waals surface area (Å²) in [4.78, 5) is 39.9. The summed E-state index contributed by atoms with van der Waals surface area (Å²) in [6.45, 7) is -0.681. The van der Waals surface area contributed by atoms with E-state index in [0.29, 0.717) is 43.5 Å². The molecule has 8 N–H and O–H groups in total. The fourth-order valence-electron chi connectivity index (χ4n) is 7.18. The van der Waals surface area contributed by atoms with Crippen LogP contribution in [0.1, 0.15) is 106 Å². The second-order valence-corrected chi connectivity index (χ2v) is 15.1. The highest BCUT2D eigenvalue weighted by Crippen LogP contribution is 2.46. The standard InChI is InChI=1S/C44H60FN3O10/c1-58-34-22-16-31(17-23-34)41-35(24-25-36(50)30-14-18-32(45)19-15-30)44(57)48(41)33-20-12-29(13-21-33)26-46-39(53)10-8-6-4-2-3-5-7-9-11-40(54)47-27-37(51)42(55)43(56)38(52)28-49/h12-23,35-38,41-43,49-52,55-56H,2-11,24-28H2,1H3,(H,46,53)(H,47,54)/t35-,36?,37+,38-,41?,42-,43?/m1/s1. The molecule has 1 heterocycles. The van der Waals surface area contributed by atoms with E-state index in [2.05, 4.69) is 10.6 Å². The summed E-state index contributed by atoms with van der Waals surface area (Å²) in [5, 5.41) is 63.8. The maximum Gasteiger partial charge on any atom is 0.233 e. The maximum atomic E-state index is 13.6. The third-order valence-corrected chi connectivity index (χ3v) is 10.8. The van der Waals surface area contributed by atoms with E-state index >= 15 is 0 Å². The van der Waals surface area contributed by atoms with Crippen LogP contribution in [0.3, 0.4) is 0 Å². The molecule has 0 aliphatic carbocycles. The van der Waals surface area contributed by atoms with Crippen LogP contribution >= 0.6 is 0 Å². The molecule has 0 aromatic heterocycles. The van der Waals surface area contributed by atoms with Crippen molar-refractivity contribution in [1.82, 2.24) is 10.6 Å². The molecule has 4 rings (SSSR count). The van der Waals surface area contributed by atoms with Crippen molar-refractivity contribution in [2.45, 2.75) is 120 Å². The zero-order valence-corrected chi connectivity index (χ0v) is 33.2. The minimum atomic E-state index is -1.73. The number of hydrogen-bond donors (Lipinski definition) is 8. The Labute approximate surface area is 339 Å². The summed E-state index contributed by atoms with van der Waals surface area (Å²) in [5.74, 6) is -0.357. The number of nitrogens with zero attached hydrogens (tertiary/aromatic N) is 1. The number of nitrogens with one attached hydrogen (secondary N) is 2. The van der Waals surface area contributed by atoms with Crippen LogP contribution in [-0.2, 0) is 20.9 Å². The van der Waals surface area contributed by atoms with Gasteiger partial charge in [-0.1, -0.05) is 74.9 Å². The van der Waals surface area contributed by atoms with Gasteiger partial charge in [-0.25, -0.2) is 4.39 Å². The fourth-order valence-corrected chi connectivity index (χ4v) is 7.18. The van der Waals surface area contributed by atoms with Crippen molar-refractivity contribution in [2.24, 2.45) is 5.92 Å². The molecule has 13 nitrogen and oxygen atoms in total. The minimum Gasteiger partial charge on any atom is -0.497 e. The molecule has 58 heavy (non-hydrogen) atoms. The number of ether oxygens (including phenoxy) is 1. The first-order chi connectivity index (χ1) is 27.9. The summed E-state index contributed by atoms with van der Waals surface area (Å²) in [6, 6.07) is 20.7. The van der Waals surface area contributed by atoms with Gasteiger partial charge in [-0.15, -0.1) is 0 Å². The van der Waals surface area contributed by atoms with E-state index in [4.69, 9.17) is 9.84 Å². The van der Waals surface area contributed by atoms with Gasteiger partial charge in [0.05, 0.1) is 37.9 Å². The molecule has 3 unspecified atom stereocenters. The molecule has 318 valence electrons. The fraction of sp³-hybridized carbons (Fsp3) is 0.523. The molecule has 3 aromatic rings. The Bertz CT molecular complexity index is 1700. The Morgan fingerprint density at radius 3 is 1.86 bits per heavy atom. The Hall–Kier alpha value is -4.44. The van der Waals surface area contributed by atoms with Crippen LogP contribution < -0.4 is 20.3 Å². The van der Waals surface area contributed by atoms with Gasteiger partial charge in [0.1, 0.15) is 29.9 Å². The third kappa shape index (κ3) is 13.8. The third-order valence-electron chi connectivity index (χ3n) is 10.8. The van der Waals surface area contributed by atoms with Gasteiger partial charge in [0, 0.05) is 31.6 Å². The lowest BCUT2D eigenvalue weighted by Crippen LogP contribution is -2.55. The Kier molecular flexibility index (Phi) is 19.0. The predicted molar refractivity (Wildman–Crippen MR) is 216 cm³/mol. The second-order valence-electron chi connectivity index (χ2n) is 15.1. The number of methoxy groups -OCH3 is 1. The molecule has 1 fully saturated rings. The SMILES string of the molecule is COc1ccc(C2[C@@H](CCC(O)c3ccc(F)cc3)C(=O)N2c2ccc(CNC(=O)CCCCCCCCCCC(=O)NC[C@H](O)[C@@H](O)C(O)[C@H](O)CO)cc2)cc1. The van der Waals surface area contributed by atoms with Crippen molar-refractivity contribution in [3.05, 3.63) is 95.3 Å². The van der Waals surface area contributed by atoms with Gasteiger partial charge < -0.3 is 50.9 Å². The molecular weight excluding hydrogens is 749 g/mol. The number of benzene rings is 3. The highest BCUT2D eigenvalue weighted by molar-refractivity contribution is 6.03. The maximum absolute atomic E-state index is 13.6. The van der Waals surface area contributed by atoms with E-state index in [1.807, 2.05) is 48.5 Å². The Morgan fingerprint density at radius 1 is 0.741 bits per heavy atom. The molecule has 7 atom stereocenters. The van der Waals surface area contributed by atoms with Gasteiger partial charge in [0.15, 0.2) is 0 Å². The molecule has 3 amide bonds. The van der Waals surface area contributed by atoms with Gasteiger partial charge >= 0.3 is 0 Å². The van der Waals surface area contributed by atoms with Gasteiger partial charge in [0.2, 0.25) is 17.7 Å². The zero-order valence-electron chi connectivity index (χ0n) is 33.2. The van der Waals surface area contributed by atoms with E-state index < -0.39 is 37.1 Å². The van der Waals surface area contributed by atoms with Gasteiger partial charge in [-0.3, -0.25) is 14.4 Å². The number of aliphatic hydroxyl groups is 6. The number of halogens is 1. The van der Waals surface area contributed by atoms with Crippen LogP contribution in [0.4, 0.5) is 10.1 Å². The van der Waals surface area contributed by atoms with Crippen LogP contribution in [0.2, 0.25) is 0 Å². The van der Waals surface area contributed by atoms with E-state index in [0.717, 1.165) is 61.8 Å². The summed E-state index contributed by atoms with van der Waals surface area (Å²) in [7, 11) is 1.60. The molecule has 3 aromatic carbocycles. The number of rotatable bonds is 26. The molecule has 1 aliphatic rings. The van der Waals surface area contributed by atoms with Crippen LogP contribution in [0.15, 0.2) is 72.8 Å². The molecule has 1 aliphatic heterocycles. The van der Waals surface area contributed by atoms with Crippen LogP contribution in [0.5, 0.6) is 5.75 Å². The molecule has 0 radical (unpaired) electrons. The van der Waals surface area contributed by atoms with E-state index in [1.165, 1.54) is 12.1 Å². The van der Waals surface area contributed by atoms with Gasteiger partial charge in [-0.2, -0.15) is 0 Å². The number of amides is 3. The smallest absolute Gasteiger partial charge is 0.233 e. The highest BCUT2D eigenvalue weighted by atomic mass is 19.1. The topological polar surface area (TPSA) is 209 Å². The zero-order chi connectivity index (χ0) is 42.0. The van der Waals surface area contributed by atoms with Crippen molar-refractivity contribution in [3.63, 3.8) is 0 Å². The number of hydrogen-bond acceptors (Lipinski definition) is 10. The number of aliphatic hydroxyl groups excluding tert-OH is 6. The first-order valence-corrected chi connectivity index (χ1v) is 20.3. The van der Waals surface area contributed by atoms with Crippen LogP contribution in [-0.4, -0.2) is 93.0 Å². The lowest BCUT2D eigenvalue weighted by atomic mass is 9.78. The largest absolute Gasteiger partial charge is 0.497 e. The van der Waals surface area contributed by atoms with Gasteiger partial charge in [0.25, 0.3) is 0 Å². The molecule has 0 bridgehead atoms. The van der Waals surface area contributed by atoms with E-state index in [9.17, 15) is 44.3 Å². The lowest BCUT2D eigenvalue weighted by Gasteiger charge is -2.48. The molecule has 14 heteroatoms. The molecule has 0 saturated carbocycles. The molecule has 0 spiro atoms. The molecule has 1 saturated heterocycles. The summed E-state index contributed by atoms with van der Waals surface area (Å²) in [6.07, 6.45) is 1.46. The Balaban J connectivity index is 1.10. The number of β-lactam (4-membered cyclic amide) rings is 1. The first-order valence-electron chi connectivity index (χ1n) is 20.3. The predicted octanol–water partition coefficient (Wildman–Crippen LogP) is 4.12. The quantitative estimate of drug-likeness (QED) is 0.0430. The van der Waals surface area contributed by atoms with Crippen molar-refractivity contribution in [2.75, 3.05) is 25.2 Å². The van der Waals surface area contributed by atoms with E-state index in [1.54, 1.807) is 24.1 Å². The lowest BCUT2D eigenvalue weighted by molar-refractivity contribution is -0.131. The van der Waals surface area contributed by atoms with Crippen molar-refractivity contribution in [1.29, 1.82) is 0 Å². The van der Waals surface area contributed by atoms with E-state index in [-0.39, 0.29) is 48.5 Å². The van der Waals surface area contributed by atoms with Crippen molar-refractivity contribution in [3.8, 4) is 5.75 Å². The van der Waals surface area contributed by atoms with Gasteiger partial charge in [-0.05, 0) is 78.8 Å². The average Bonchev–Trinajstić information content (AvgIpc) is 3.24. The van der Waals surface area contributed by atoms with Crippen molar-refractivity contribution < 1.29 is 54.2 Å². The molecular formula is C44H60FN3O10. The first kappa shape index (κ1) is 46.3. The minimum absolute atomic E-state index is 0.0218. The van der Waals surface area contributed by atoms with Crippen LogP contribution in [0.25, 0.3) is 0 Å². The summed E-state index contributed by atoms with van der Waals surface area (Å²) in [5.41, 5.74) is 3.21. The summed E-state index contributed by atoms with van der Waals surface area (Å²) < 4.78 is 18.7. The number of unbranched alkanes of at least 4 members (excludes halogenated alkanes) is 7. The van der Waals surface area contributed by atoms with Crippen LogP contribution in [0, 0.1) is 11.7 Å².